The Kier molecular flexibility index (Phi) is 9.25. The summed E-state index contributed by atoms with van der Waals surface area (Å²) in [4.78, 5) is 28.7. The molecule has 0 aliphatic rings. The number of carbonyl (C=O) groups excluding carboxylic acids is 1. The highest BCUT2D eigenvalue weighted by Crippen LogP contribution is 2.20. The number of nitrogens with zero attached hydrogens (tertiary/aromatic N) is 2. The van der Waals surface area contributed by atoms with Crippen LogP contribution in [0, 0.1) is 13.8 Å². The van der Waals surface area contributed by atoms with E-state index in [1.54, 1.807) is 4.57 Å². The van der Waals surface area contributed by atoms with Crippen LogP contribution in [0.5, 0.6) is 5.88 Å². The maximum absolute atomic E-state index is 12.4. The van der Waals surface area contributed by atoms with Crippen LogP contribution in [-0.4, -0.2) is 26.3 Å². The van der Waals surface area contributed by atoms with Gasteiger partial charge in [-0.05, 0) is 31.9 Å². The fourth-order valence-electron chi connectivity index (χ4n) is 3.11. The SMILES string of the molecule is CCCCCCCCn1c(SCC(=O)Nc2ccc(C)cc2C)nc(O)cc1=O. The summed E-state index contributed by atoms with van der Waals surface area (Å²) in [5.74, 6) is -0.378. The predicted molar refractivity (Wildman–Crippen MR) is 119 cm³/mol. The molecular formula is C22H31N3O3S. The fourth-order valence-corrected chi connectivity index (χ4v) is 3.94. The van der Waals surface area contributed by atoms with Crippen LogP contribution in [0.3, 0.4) is 0 Å². The maximum Gasteiger partial charge on any atom is 0.257 e. The lowest BCUT2D eigenvalue weighted by Crippen LogP contribution is -2.23. The van der Waals surface area contributed by atoms with Crippen LogP contribution in [0.4, 0.5) is 5.69 Å². The van der Waals surface area contributed by atoms with Crippen molar-refractivity contribution < 1.29 is 9.90 Å². The van der Waals surface area contributed by atoms with E-state index < -0.39 is 0 Å². The number of carbonyl (C=O) groups is 1. The Morgan fingerprint density at radius 2 is 1.86 bits per heavy atom. The highest BCUT2D eigenvalue weighted by atomic mass is 32.2. The molecule has 0 aliphatic heterocycles. The Hall–Kier alpha value is -2.28. The van der Waals surface area contributed by atoms with E-state index >= 15 is 0 Å². The van der Waals surface area contributed by atoms with Crippen LogP contribution in [-0.2, 0) is 11.3 Å². The first-order valence-corrected chi connectivity index (χ1v) is 11.2. The van der Waals surface area contributed by atoms with Crippen LogP contribution in [0.2, 0.25) is 0 Å². The Balaban J connectivity index is 1.96. The third-order valence-electron chi connectivity index (χ3n) is 4.68. The van der Waals surface area contributed by atoms with Crippen LogP contribution in [0.25, 0.3) is 0 Å². The number of aromatic nitrogens is 2. The molecule has 0 aliphatic carbocycles. The van der Waals surface area contributed by atoms with E-state index in [0.717, 1.165) is 53.9 Å². The third-order valence-corrected chi connectivity index (χ3v) is 5.66. The van der Waals surface area contributed by atoms with Gasteiger partial charge >= 0.3 is 0 Å². The van der Waals surface area contributed by atoms with Gasteiger partial charge in [0.15, 0.2) is 5.16 Å². The summed E-state index contributed by atoms with van der Waals surface area (Å²) in [5, 5.41) is 13.0. The number of anilines is 1. The third kappa shape index (κ3) is 7.57. The summed E-state index contributed by atoms with van der Waals surface area (Å²) < 4.78 is 1.55. The normalized spacial score (nSPS) is 10.9. The first-order chi connectivity index (χ1) is 13.9. The van der Waals surface area contributed by atoms with Gasteiger partial charge < -0.3 is 10.4 Å². The molecule has 1 aromatic heterocycles. The van der Waals surface area contributed by atoms with E-state index in [1.807, 2.05) is 32.0 Å². The van der Waals surface area contributed by atoms with Crippen molar-refractivity contribution in [1.29, 1.82) is 0 Å². The van der Waals surface area contributed by atoms with Crippen molar-refractivity contribution in [2.24, 2.45) is 0 Å². The van der Waals surface area contributed by atoms with E-state index in [9.17, 15) is 14.7 Å². The second-order valence-electron chi connectivity index (χ2n) is 7.31. The lowest BCUT2D eigenvalue weighted by atomic mass is 10.1. The van der Waals surface area contributed by atoms with E-state index in [4.69, 9.17) is 0 Å². The van der Waals surface area contributed by atoms with Crippen molar-refractivity contribution in [2.45, 2.75) is 71.0 Å². The highest BCUT2D eigenvalue weighted by molar-refractivity contribution is 7.99. The first kappa shape index (κ1) is 23.0. The number of hydrogen-bond donors (Lipinski definition) is 2. The molecule has 2 rings (SSSR count). The number of nitrogens with one attached hydrogen (secondary N) is 1. The number of thioether (sulfide) groups is 1. The van der Waals surface area contributed by atoms with Gasteiger partial charge in [0.25, 0.3) is 5.56 Å². The van der Waals surface area contributed by atoms with Crippen molar-refractivity contribution in [2.75, 3.05) is 11.1 Å². The number of aromatic hydroxyl groups is 1. The molecule has 0 atom stereocenters. The van der Waals surface area contributed by atoms with Crippen molar-refractivity contribution in [3.8, 4) is 5.88 Å². The lowest BCUT2D eigenvalue weighted by molar-refractivity contribution is -0.113. The van der Waals surface area contributed by atoms with Gasteiger partial charge in [-0.2, -0.15) is 4.98 Å². The van der Waals surface area contributed by atoms with Gasteiger partial charge in [0.05, 0.1) is 11.8 Å². The monoisotopic (exact) mass is 417 g/mol. The number of benzene rings is 1. The summed E-state index contributed by atoms with van der Waals surface area (Å²) in [5.41, 5.74) is 2.62. The van der Waals surface area contributed by atoms with E-state index in [-0.39, 0.29) is 23.1 Å². The second kappa shape index (κ2) is 11.7. The Labute approximate surface area is 176 Å². The fraction of sp³-hybridized carbons (Fsp3) is 0.500. The largest absolute Gasteiger partial charge is 0.493 e. The summed E-state index contributed by atoms with van der Waals surface area (Å²) in [6.45, 7) is 6.68. The number of rotatable bonds is 11. The van der Waals surface area contributed by atoms with E-state index in [2.05, 4.69) is 17.2 Å². The summed E-state index contributed by atoms with van der Waals surface area (Å²) in [6, 6.07) is 6.97. The number of hydrogen-bond acceptors (Lipinski definition) is 5. The maximum atomic E-state index is 12.4. The molecule has 29 heavy (non-hydrogen) atoms. The van der Waals surface area contributed by atoms with Crippen molar-refractivity contribution in [1.82, 2.24) is 9.55 Å². The van der Waals surface area contributed by atoms with Crippen molar-refractivity contribution in [3.63, 3.8) is 0 Å². The van der Waals surface area contributed by atoms with Gasteiger partial charge in [-0.3, -0.25) is 14.2 Å². The molecule has 1 aromatic carbocycles. The van der Waals surface area contributed by atoms with E-state index in [0.29, 0.717) is 11.7 Å². The average molecular weight is 418 g/mol. The summed E-state index contributed by atoms with van der Waals surface area (Å²) in [7, 11) is 0. The Morgan fingerprint density at radius 3 is 2.59 bits per heavy atom. The molecule has 2 aromatic rings. The van der Waals surface area contributed by atoms with Gasteiger partial charge in [-0.1, -0.05) is 68.5 Å². The van der Waals surface area contributed by atoms with Crippen molar-refractivity contribution in [3.05, 3.63) is 45.7 Å². The van der Waals surface area contributed by atoms with Gasteiger partial charge in [-0.25, -0.2) is 0 Å². The molecular weight excluding hydrogens is 386 g/mol. The van der Waals surface area contributed by atoms with Crippen LogP contribution in [0.1, 0.15) is 56.6 Å². The number of unbranched alkanes of at least 4 members (excludes halogenated alkanes) is 5. The lowest BCUT2D eigenvalue weighted by Gasteiger charge is -2.12. The van der Waals surface area contributed by atoms with E-state index in [1.165, 1.54) is 19.3 Å². The topological polar surface area (TPSA) is 84.2 Å². The van der Waals surface area contributed by atoms with Gasteiger partial charge in [-0.15, -0.1) is 0 Å². The molecule has 2 N–H and O–H groups in total. The minimum absolute atomic E-state index is 0.111. The van der Waals surface area contributed by atoms with Crippen molar-refractivity contribution >= 4 is 23.4 Å². The molecule has 0 fully saturated rings. The molecule has 0 saturated heterocycles. The Morgan fingerprint density at radius 1 is 1.14 bits per heavy atom. The van der Waals surface area contributed by atoms with Gasteiger partial charge in [0, 0.05) is 12.2 Å². The standard InChI is InChI=1S/C22H31N3O3S/c1-4-5-6-7-8-9-12-25-21(28)14-19(26)24-22(25)29-15-20(27)23-18-11-10-16(2)13-17(18)3/h10-11,13-14,26H,4-9,12,15H2,1-3H3,(H,23,27). The summed E-state index contributed by atoms with van der Waals surface area (Å²) in [6.07, 6.45) is 6.71. The molecule has 1 amide bonds. The quantitative estimate of drug-likeness (QED) is 0.316. The zero-order chi connectivity index (χ0) is 21.2. The average Bonchev–Trinajstić information content (AvgIpc) is 2.66. The first-order valence-electron chi connectivity index (χ1n) is 10.2. The zero-order valence-corrected chi connectivity index (χ0v) is 18.3. The van der Waals surface area contributed by atoms with Gasteiger partial charge in [0.2, 0.25) is 11.8 Å². The molecule has 0 bridgehead atoms. The molecule has 6 nitrogen and oxygen atoms in total. The number of amides is 1. The molecule has 0 spiro atoms. The highest BCUT2D eigenvalue weighted by Gasteiger charge is 2.12. The molecule has 0 radical (unpaired) electrons. The van der Waals surface area contributed by atoms with Gasteiger partial charge in [0.1, 0.15) is 0 Å². The Bertz CT molecular complexity index is 880. The van der Waals surface area contributed by atoms with Crippen LogP contribution >= 0.6 is 11.8 Å². The predicted octanol–water partition coefficient (Wildman–Crippen LogP) is 4.66. The zero-order valence-electron chi connectivity index (χ0n) is 17.5. The molecule has 1 heterocycles. The molecule has 158 valence electrons. The number of aryl methyl sites for hydroxylation is 2. The smallest absolute Gasteiger partial charge is 0.257 e. The minimum atomic E-state index is -0.313. The second-order valence-corrected chi connectivity index (χ2v) is 8.25. The minimum Gasteiger partial charge on any atom is -0.493 e. The summed E-state index contributed by atoms with van der Waals surface area (Å²) >= 11 is 1.16. The van der Waals surface area contributed by atoms with Crippen LogP contribution in [0.15, 0.2) is 34.2 Å². The molecule has 0 unspecified atom stereocenters. The molecule has 0 saturated carbocycles. The van der Waals surface area contributed by atoms with Crippen LogP contribution < -0.4 is 10.9 Å². The molecule has 7 heteroatoms.